The molecule has 0 heterocycles. The van der Waals surface area contributed by atoms with Crippen LogP contribution >= 0.6 is 11.6 Å². The lowest BCUT2D eigenvalue weighted by Crippen LogP contribution is -2.21. The second kappa shape index (κ2) is 3.25. The van der Waals surface area contributed by atoms with E-state index in [9.17, 15) is 0 Å². The molecule has 2 N–H and O–H groups in total. The molecule has 0 aromatic heterocycles. The third-order valence-electron chi connectivity index (χ3n) is 3.30. The van der Waals surface area contributed by atoms with Gasteiger partial charge in [-0.25, -0.2) is 0 Å². The summed E-state index contributed by atoms with van der Waals surface area (Å²) in [6.07, 6.45) is 2.42. The van der Waals surface area contributed by atoms with E-state index in [1.54, 1.807) is 0 Å². The summed E-state index contributed by atoms with van der Waals surface area (Å²) in [5, 5.41) is 0.875. The zero-order chi connectivity index (χ0) is 10.3. The van der Waals surface area contributed by atoms with Crippen molar-refractivity contribution < 1.29 is 0 Å². The summed E-state index contributed by atoms with van der Waals surface area (Å²) in [5.74, 6) is 0. The predicted octanol–water partition coefficient (Wildman–Crippen LogP) is 2.95. The van der Waals surface area contributed by atoms with Crippen LogP contribution in [0.15, 0.2) is 12.1 Å². The van der Waals surface area contributed by atoms with E-state index in [1.165, 1.54) is 29.5 Å². The lowest BCUT2D eigenvalue weighted by molar-refractivity contribution is 0.698. The van der Waals surface area contributed by atoms with Gasteiger partial charge in [0.25, 0.3) is 0 Å². The molecule has 76 valence electrons. The molecule has 0 amide bonds. The maximum atomic E-state index is 6.17. The highest BCUT2D eigenvalue weighted by molar-refractivity contribution is 6.31. The van der Waals surface area contributed by atoms with Crippen molar-refractivity contribution in [3.8, 4) is 0 Å². The molecule has 1 aliphatic carbocycles. The minimum Gasteiger partial charge on any atom is -0.330 e. The van der Waals surface area contributed by atoms with Crippen LogP contribution in [-0.4, -0.2) is 6.54 Å². The second-order valence-corrected chi connectivity index (χ2v) is 4.81. The first-order valence-electron chi connectivity index (χ1n) is 5.06. The summed E-state index contributed by atoms with van der Waals surface area (Å²) in [6.45, 7) is 4.92. The van der Waals surface area contributed by atoms with Crippen molar-refractivity contribution in [1.29, 1.82) is 0 Å². The molecule has 1 aliphatic rings. The Hall–Kier alpha value is -0.530. The number of aryl methyl sites for hydroxylation is 1. The third-order valence-corrected chi connectivity index (χ3v) is 3.70. The highest BCUT2D eigenvalue weighted by atomic mass is 35.5. The molecule has 1 nitrogen and oxygen atoms in total. The highest BCUT2D eigenvalue weighted by Crippen LogP contribution is 2.49. The predicted molar refractivity (Wildman–Crippen MR) is 60.9 cm³/mol. The van der Waals surface area contributed by atoms with Crippen molar-refractivity contribution in [2.24, 2.45) is 5.73 Å². The average Bonchev–Trinajstić information content (AvgIpc) is 2.92. The van der Waals surface area contributed by atoms with Gasteiger partial charge in [-0.3, -0.25) is 0 Å². The lowest BCUT2D eigenvalue weighted by atomic mass is 9.90. The minimum atomic E-state index is 0.250. The van der Waals surface area contributed by atoms with Crippen LogP contribution in [-0.2, 0) is 5.41 Å². The SMILES string of the molecule is Cc1cc(Cl)c(C)c(C2(CN)CC2)c1. The van der Waals surface area contributed by atoms with Gasteiger partial charge in [-0.2, -0.15) is 0 Å². The van der Waals surface area contributed by atoms with E-state index >= 15 is 0 Å². The number of hydrogen-bond donors (Lipinski definition) is 1. The molecular weight excluding hydrogens is 194 g/mol. The van der Waals surface area contributed by atoms with Gasteiger partial charge in [0.05, 0.1) is 0 Å². The molecule has 0 bridgehead atoms. The monoisotopic (exact) mass is 209 g/mol. The molecule has 0 saturated heterocycles. The summed E-state index contributed by atoms with van der Waals surface area (Å²) in [7, 11) is 0. The van der Waals surface area contributed by atoms with E-state index in [-0.39, 0.29) is 5.41 Å². The van der Waals surface area contributed by atoms with Gasteiger partial charge >= 0.3 is 0 Å². The Morgan fingerprint density at radius 2 is 2.00 bits per heavy atom. The van der Waals surface area contributed by atoms with E-state index in [4.69, 9.17) is 17.3 Å². The summed E-state index contributed by atoms with van der Waals surface area (Å²) < 4.78 is 0. The van der Waals surface area contributed by atoms with Crippen molar-refractivity contribution in [2.45, 2.75) is 32.1 Å². The minimum absolute atomic E-state index is 0.250. The molecule has 2 heteroatoms. The topological polar surface area (TPSA) is 26.0 Å². The number of benzene rings is 1. The standard InChI is InChI=1S/C12H16ClN/c1-8-5-10(9(2)11(13)6-8)12(7-14)3-4-12/h5-6H,3-4,7,14H2,1-2H3. The Bertz CT molecular complexity index is 367. The van der Waals surface area contributed by atoms with Gasteiger partial charge < -0.3 is 5.73 Å². The maximum absolute atomic E-state index is 6.17. The van der Waals surface area contributed by atoms with Crippen LogP contribution in [0.5, 0.6) is 0 Å². The second-order valence-electron chi connectivity index (χ2n) is 4.40. The van der Waals surface area contributed by atoms with E-state index in [0.29, 0.717) is 0 Å². The molecule has 0 aliphatic heterocycles. The van der Waals surface area contributed by atoms with Crippen LogP contribution in [0.4, 0.5) is 0 Å². The highest BCUT2D eigenvalue weighted by Gasteiger charge is 2.44. The van der Waals surface area contributed by atoms with E-state index < -0.39 is 0 Å². The van der Waals surface area contributed by atoms with Crippen LogP contribution in [0.2, 0.25) is 5.02 Å². The van der Waals surface area contributed by atoms with Gasteiger partial charge in [0.1, 0.15) is 0 Å². The number of nitrogens with two attached hydrogens (primary N) is 1. The first kappa shape index (κ1) is 10.0. The fourth-order valence-corrected chi connectivity index (χ4v) is 2.37. The van der Waals surface area contributed by atoms with E-state index in [1.807, 2.05) is 6.07 Å². The van der Waals surface area contributed by atoms with Crippen molar-refractivity contribution in [2.75, 3.05) is 6.54 Å². The van der Waals surface area contributed by atoms with Gasteiger partial charge in [0, 0.05) is 17.0 Å². The Kier molecular flexibility index (Phi) is 2.32. The largest absolute Gasteiger partial charge is 0.330 e. The van der Waals surface area contributed by atoms with Crippen molar-refractivity contribution in [3.63, 3.8) is 0 Å². The van der Waals surface area contributed by atoms with Crippen molar-refractivity contribution in [3.05, 3.63) is 33.8 Å². The summed E-state index contributed by atoms with van der Waals surface area (Å²) in [4.78, 5) is 0. The molecular formula is C12H16ClN. The molecule has 0 spiro atoms. The quantitative estimate of drug-likeness (QED) is 0.797. The van der Waals surface area contributed by atoms with Crippen LogP contribution in [0.3, 0.4) is 0 Å². The molecule has 0 unspecified atom stereocenters. The Morgan fingerprint density at radius 3 is 2.50 bits per heavy atom. The molecule has 0 atom stereocenters. The fourth-order valence-electron chi connectivity index (χ4n) is 2.10. The molecule has 1 aromatic carbocycles. The first-order valence-corrected chi connectivity index (χ1v) is 5.44. The molecule has 14 heavy (non-hydrogen) atoms. The first-order chi connectivity index (χ1) is 6.59. The summed E-state index contributed by atoms with van der Waals surface area (Å²) in [6, 6.07) is 4.26. The summed E-state index contributed by atoms with van der Waals surface area (Å²) >= 11 is 6.17. The van der Waals surface area contributed by atoms with Crippen LogP contribution in [0, 0.1) is 13.8 Å². The zero-order valence-electron chi connectivity index (χ0n) is 8.73. The van der Waals surface area contributed by atoms with Crippen LogP contribution in [0.25, 0.3) is 0 Å². The molecule has 1 saturated carbocycles. The Labute approximate surface area is 90.3 Å². The smallest absolute Gasteiger partial charge is 0.0440 e. The van der Waals surface area contributed by atoms with Gasteiger partial charge in [0.15, 0.2) is 0 Å². The average molecular weight is 210 g/mol. The molecule has 1 aromatic rings. The molecule has 1 fully saturated rings. The van der Waals surface area contributed by atoms with E-state index in [2.05, 4.69) is 19.9 Å². The van der Waals surface area contributed by atoms with Crippen LogP contribution in [0.1, 0.15) is 29.5 Å². The van der Waals surface area contributed by atoms with E-state index in [0.717, 1.165) is 11.6 Å². The fraction of sp³-hybridized carbons (Fsp3) is 0.500. The lowest BCUT2D eigenvalue weighted by Gasteiger charge is -2.17. The zero-order valence-corrected chi connectivity index (χ0v) is 9.49. The molecule has 0 radical (unpaired) electrons. The number of hydrogen-bond acceptors (Lipinski definition) is 1. The third kappa shape index (κ3) is 1.45. The Morgan fingerprint density at radius 1 is 1.36 bits per heavy atom. The number of rotatable bonds is 2. The van der Waals surface area contributed by atoms with Crippen LogP contribution < -0.4 is 5.73 Å². The number of halogens is 1. The molecule has 2 rings (SSSR count). The van der Waals surface area contributed by atoms with Crippen molar-refractivity contribution in [1.82, 2.24) is 0 Å². The maximum Gasteiger partial charge on any atom is 0.0440 e. The van der Waals surface area contributed by atoms with Gasteiger partial charge in [0.2, 0.25) is 0 Å². The Balaban J connectivity index is 2.52. The van der Waals surface area contributed by atoms with Gasteiger partial charge in [-0.05, 0) is 49.4 Å². The summed E-state index contributed by atoms with van der Waals surface area (Å²) in [5.41, 5.74) is 9.88. The van der Waals surface area contributed by atoms with Gasteiger partial charge in [-0.15, -0.1) is 0 Å². The van der Waals surface area contributed by atoms with Gasteiger partial charge in [-0.1, -0.05) is 17.7 Å². The van der Waals surface area contributed by atoms with Crippen molar-refractivity contribution >= 4 is 11.6 Å². The normalized spacial score (nSPS) is 18.3.